The first-order valence-corrected chi connectivity index (χ1v) is 33.1. The van der Waals surface area contributed by atoms with E-state index in [1.54, 1.807) is 54.5 Å². The lowest BCUT2D eigenvalue weighted by Crippen LogP contribution is -2.62. The molecule has 0 aromatic rings. The van der Waals surface area contributed by atoms with Crippen molar-refractivity contribution in [3.05, 3.63) is 12.7 Å². The van der Waals surface area contributed by atoms with Crippen LogP contribution in [0, 0.1) is 29.6 Å². The molecule has 90 heavy (non-hydrogen) atoms. The molecule has 2 saturated heterocycles. The maximum Gasteiger partial charge on any atom is 0.324 e. The van der Waals surface area contributed by atoms with E-state index < -0.39 is 142 Å². The summed E-state index contributed by atoms with van der Waals surface area (Å²) in [5, 5.41) is 9.74. The van der Waals surface area contributed by atoms with Crippen molar-refractivity contribution in [2.24, 2.45) is 29.6 Å². The molecule has 2 fully saturated rings. The fraction of sp³-hybridized carbons (Fsp3) is 0.797. The smallest absolute Gasteiger partial charge is 0.324 e. The lowest BCUT2D eigenvalue weighted by atomic mass is 9.95. The molecule has 12 amide bonds. The van der Waals surface area contributed by atoms with Crippen LogP contribution in [0.5, 0.6) is 0 Å². The number of carbonyl (C=O) groups is 11. The third kappa shape index (κ3) is 23.1. The van der Waals surface area contributed by atoms with Crippen molar-refractivity contribution in [1.29, 1.82) is 0 Å². The highest BCUT2D eigenvalue weighted by Crippen LogP contribution is 2.28. The number of likely N-dealkylation sites (N-methyl/N-ethyl adjacent to an activating group) is 7. The predicted molar refractivity (Wildman–Crippen MR) is 349 cm³/mol. The van der Waals surface area contributed by atoms with Crippen LogP contribution < -0.4 is 21.3 Å². The average Bonchev–Trinajstić information content (AvgIpc) is 0.939. The number of nitrogens with zero attached hydrogens (tertiary/aromatic N) is 8. The molecule has 1 unspecified atom stereocenters. The maximum atomic E-state index is 15.4. The Morgan fingerprint density at radius 1 is 0.567 bits per heavy atom. The Bertz CT molecular complexity index is 2460. The number of thioether (sulfide) groups is 1. The standard InChI is InChI=1S/C64H114N12O13S/c1-24-30-89-64(15,16)37-49-54(79)68-50(41(9)10)59(84)69(17)46(34-38(3)4)53(78)65-43(13)52(77)66-44(14)55(80)70(18)47(35-39(5)6)57(82)71(19)48(36-40(7)8)58(83)73(21)51(42(11)12)60(85)75(23)63(87)67-45(25-2)56(81)74(22)62(61(86)72(49)20)90-33-26-27-76-28-31-88-32-29-76/h24,38-51,62H,1,25-37H2,2-23H3,(H,65,78)(H,66,77)(H,67,87)(H,68,79)/t43?,44-,45+,46+,47-,48+,49-,50+,51+,62+/m0/s1. The van der Waals surface area contributed by atoms with Crippen LogP contribution in [-0.4, -0.2) is 264 Å². The Morgan fingerprint density at radius 2 is 1.04 bits per heavy atom. The van der Waals surface area contributed by atoms with E-state index in [9.17, 15) is 43.2 Å². The van der Waals surface area contributed by atoms with Gasteiger partial charge in [-0.15, -0.1) is 18.3 Å². The first kappa shape index (κ1) is 80.2. The van der Waals surface area contributed by atoms with E-state index in [4.69, 9.17) is 9.47 Å². The van der Waals surface area contributed by atoms with Gasteiger partial charge < -0.3 is 60.1 Å². The molecule has 2 heterocycles. The zero-order valence-electron chi connectivity index (χ0n) is 58.4. The van der Waals surface area contributed by atoms with E-state index >= 15 is 9.59 Å². The first-order valence-electron chi connectivity index (χ1n) is 32.0. The predicted octanol–water partition coefficient (Wildman–Crippen LogP) is 3.64. The van der Waals surface area contributed by atoms with Gasteiger partial charge in [0.15, 0.2) is 5.37 Å². The number of hydrogen-bond donors (Lipinski definition) is 4. The van der Waals surface area contributed by atoms with Crippen LogP contribution in [0.25, 0.3) is 0 Å². The van der Waals surface area contributed by atoms with Gasteiger partial charge in [0.1, 0.15) is 54.4 Å². The van der Waals surface area contributed by atoms with Gasteiger partial charge in [-0.2, -0.15) is 0 Å². The second-order valence-corrected chi connectivity index (χ2v) is 28.1. The summed E-state index contributed by atoms with van der Waals surface area (Å²) in [5.74, 6) is -7.96. The molecule has 0 spiro atoms. The van der Waals surface area contributed by atoms with Crippen LogP contribution >= 0.6 is 11.8 Å². The minimum absolute atomic E-state index is 0.0163. The summed E-state index contributed by atoms with van der Waals surface area (Å²) in [6.45, 7) is 33.3. The lowest BCUT2D eigenvalue weighted by molar-refractivity contribution is -0.154. The molecule has 0 aromatic heterocycles. The van der Waals surface area contributed by atoms with Crippen molar-refractivity contribution in [3.63, 3.8) is 0 Å². The minimum atomic E-state index is -1.34. The maximum absolute atomic E-state index is 15.4. The van der Waals surface area contributed by atoms with Crippen molar-refractivity contribution in [2.45, 2.75) is 208 Å². The van der Waals surface area contributed by atoms with E-state index in [1.165, 1.54) is 104 Å². The monoisotopic (exact) mass is 1290 g/mol. The molecule has 2 aliphatic heterocycles. The number of ether oxygens (including phenoxy) is 2. The van der Waals surface area contributed by atoms with Crippen LogP contribution in [-0.2, 0) is 57.4 Å². The van der Waals surface area contributed by atoms with E-state index in [0.29, 0.717) is 31.9 Å². The summed E-state index contributed by atoms with van der Waals surface area (Å²) in [7, 11) is 9.88. The first-order chi connectivity index (χ1) is 41.8. The number of imide groups is 1. The summed E-state index contributed by atoms with van der Waals surface area (Å²) < 4.78 is 11.7. The van der Waals surface area contributed by atoms with E-state index in [0.717, 1.165) is 18.0 Å². The van der Waals surface area contributed by atoms with Gasteiger partial charge >= 0.3 is 6.03 Å². The summed E-state index contributed by atoms with van der Waals surface area (Å²) in [6.07, 6.45) is 2.52. The van der Waals surface area contributed by atoms with Gasteiger partial charge in [0.05, 0.1) is 25.4 Å². The quantitative estimate of drug-likeness (QED) is 0.106. The van der Waals surface area contributed by atoms with Gasteiger partial charge in [0.25, 0.3) is 11.8 Å². The number of nitrogens with one attached hydrogen (secondary N) is 4. The number of hydrogen-bond acceptors (Lipinski definition) is 15. The number of morpholine rings is 1. The van der Waals surface area contributed by atoms with Crippen molar-refractivity contribution < 1.29 is 62.2 Å². The van der Waals surface area contributed by atoms with Gasteiger partial charge in [-0.1, -0.05) is 82.2 Å². The SMILES string of the molecule is C=CCOC(C)(C)C[C@H]1C(=O)N[C@H](C(C)C)C(=O)N(C)[C@H](CC(C)C)C(=O)NC(C)C(=O)N[C@@H](C)C(=O)N(C)[C@@H](CC(C)C)C(=O)N(C)[C@H](CC(C)C)C(=O)N(C)[C@H](C(C)C)C(=O)N(C)C(=O)N[C@H](CC)C(=O)N(C)[C@H](SCCCN2CCOCC2)C(=O)N1C. The molecule has 2 aliphatic rings. The molecule has 26 heteroatoms. The van der Waals surface area contributed by atoms with Crippen molar-refractivity contribution >= 4 is 76.9 Å². The molecule has 4 N–H and O–H groups in total. The van der Waals surface area contributed by atoms with Gasteiger partial charge in [0.2, 0.25) is 47.3 Å². The largest absolute Gasteiger partial charge is 0.379 e. The highest BCUT2D eigenvalue weighted by Gasteiger charge is 2.45. The molecule has 2 rings (SSSR count). The second-order valence-electron chi connectivity index (χ2n) is 26.9. The highest BCUT2D eigenvalue weighted by atomic mass is 32.2. The van der Waals surface area contributed by atoms with Crippen LogP contribution in [0.1, 0.15) is 142 Å². The van der Waals surface area contributed by atoms with E-state index in [-0.39, 0.29) is 56.5 Å². The Balaban J connectivity index is 3.01. The van der Waals surface area contributed by atoms with Crippen LogP contribution in [0.15, 0.2) is 12.7 Å². The van der Waals surface area contributed by atoms with Gasteiger partial charge in [-0.3, -0.25) is 57.7 Å². The van der Waals surface area contributed by atoms with Gasteiger partial charge in [0, 0.05) is 68.8 Å². The summed E-state index contributed by atoms with van der Waals surface area (Å²) in [5.41, 5.74) is -1.08. The van der Waals surface area contributed by atoms with Gasteiger partial charge in [-0.05, 0) is 102 Å². The molecule has 25 nitrogen and oxygen atoms in total. The van der Waals surface area contributed by atoms with Crippen LogP contribution in [0.3, 0.4) is 0 Å². The van der Waals surface area contributed by atoms with Gasteiger partial charge in [-0.25, -0.2) is 4.79 Å². The van der Waals surface area contributed by atoms with E-state index in [2.05, 4.69) is 32.7 Å². The number of urea groups is 1. The number of rotatable bonds is 19. The molecule has 0 bridgehead atoms. The topological polar surface area (TPSA) is 280 Å². The Morgan fingerprint density at radius 3 is 1.54 bits per heavy atom. The zero-order chi connectivity index (χ0) is 69.0. The van der Waals surface area contributed by atoms with Crippen LogP contribution in [0.2, 0.25) is 0 Å². The van der Waals surface area contributed by atoms with Crippen molar-refractivity contribution in [2.75, 3.05) is 94.5 Å². The number of amides is 12. The minimum Gasteiger partial charge on any atom is -0.379 e. The normalized spacial score (nSPS) is 26.4. The molecule has 0 aromatic carbocycles. The molecule has 0 saturated carbocycles. The summed E-state index contributed by atoms with van der Waals surface area (Å²) in [4.78, 5) is 173. The molecular weight excluding hydrogens is 1180 g/mol. The molecule has 10 atom stereocenters. The Hall–Kier alpha value is -5.86. The third-order valence-corrected chi connectivity index (χ3v) is 18.1. The zero-order valence-corrected chi connectivity index (χ0v) is 59.2. The molecule has 514 valence electrons. The summed E-state index contributed by atoms with van der Waals surface area (Å²) >= 11 is 1.18. The molecular formula is C64H114N12O13S. The van der Waals surface area contributed by atoms with Crippen LogP contribution in [0.4, 0.5) is 4.79 Å². The summed E-state index contributed by atoms with van der Waals surface area (Å²) in [6, 6.07) is -12.0. The fourth-order valence-electron chi connectivity index (χ4n) is 11.1. The fourth-order valence-corrected chi connectivity index (χ4v) is 12.3. The molecule has 0 aliphatic carbocycles. The van der Waals surface area contributed by atoms with E-state index in [1.807, 2.05) is 41.5 Å². The molecule has 0 radical (unpaired) electrons. The Kier molecular flexibility index (Phi) is 33.0. The number of carbonyl (C=O) groups excluding carboxylic acids is 11. The van der Waals surface area contributed by atoms with Crippen molar-refractivity contribution in [1.82, 2.24) is 60.5 Å². The lowest BCUT2D eigenvalue weighted by Gasteiger charge is -2.40. The van der Waals surface area contributed by atoms with Crippen molar-refractivity contribution in [3.8, 4) is 0 Å². The second kappa shape index (κ2) is 37.0. The Labute approximate surface area is 541 Å². The third-order valence-electron chi connectivity index (χ3n) is 16.7. The highest BCUT2D eigenvalue weighted by molar-refractivity contribution is 8.00. The average molecular weight is 1290 g/mol.